The summed E-state index contributed by atoms with van der Waals surface area (Å²) in [7, 11) is 0. The van der Waals surface area contributed by atoms with Gasteiger partial charge in [-0.15, -0.1) is 23.2 Å². The smallest absolute Gasteiger partial charge is 0.342 e. The summed E-state index contributed by atoms with van der Waals surface area (Å²) >= 11 is 9.53. The number of urea groups is 2. The normalized spacial score (nSPS) is 16.7. The van der Waals surface area contributed by atoms with Gasteiger partial charge >= 0.3 is 24.4 Å². The highest BCUT2D eigenvalue weighted by Gasteiger charge is 2.69. The molecule has 4 aliphatic rings. The number of likely N-dealkylation sites (tertiary alicyclic amines) is 1. The lowest BCUT2D eigenvalue weighted by Gasteiger charge is -2.35. The summed E-state index contributed by atoms with van der Waals surface area (Å²) < 4.78 is 66.0. The lowest BCUT2D eigenvalue weighted by atomic mass is 10.00. The first-order chi connectivity index (χ1) is 26.0. The van der Waals surface area contributed by atoms with Crippen LogP contribution >= 0.6 is 23.2 Å². The number of carbonyl (C=O) groups excluding carboxylic acids is 5. The van der Waals surface area contributed by atoms with Crippen LogP contribution in [0.4, 0.5) is 42.9 Å². The van der Waals surface area contributed by atoms with E-state index >= 15 is 0 Å². The van der Waals surface area contributed by atoms with Crippen LogP contribution in [0.2, 0.25) is 0 Å². The molecule has 11 nitrogen and oxygen atoms in total. The summed E-state index contributed by atoms with van der Waals surface area (Å²) in [6.45, 7) is 7.75. The number of carbonyl (C=O) groups is 3. The highest BCUT2D eigenvalue weighted by Crippen LogP contribution is 2.58. The van der Waals surface area contributed by atoms with Gasteiger partial charge in [0.15, 0.2) is 0 Å². The summed E-state index contributed by atoms with van der Waals surface area (Å²) in [6.07, 6.45) is 1.00. The summed E-state index contributed by atoms with van der Waals surface area (Å²) in [5.74, 6) is -0.513. The first-order valence-corrected chi connectivity index (χ1v) is 18.9. The molecule has 2 saturated carbocycles. The lowest BCUT2D eigenvalue weighted by molar-refractivity contribution is -0.199. The quantitative estimate of drug-likeness (QED) is 0.117. The molecule has 5 N–H and O–H groups in total. The number of piperidine rings is 2. The predicted octanol–water partition coefficient (Wildman–Crippen LogP) is 8.11. The standard InChI is InChI=1S/C18H21F4N3O2.C13H18FN3O.C4H8.CH2Cl2.CO2.CH4.B/c1-11-2-3-13(10-14(11)19)24-16(27)23-12-4-8-25(9-5-12)15(26)17(6-7-17)18(20,21)22;1-9-2-3-11(8-12(9)14)17-13(18)16-10-4-6-15-7-5-10;1-4-2-3-4;2*2-1-3;;/h2-3,10,12H,4-9H2,1H3,(H2,23,24,27);2-3,8,10,15H,4-7H2,1H3,(H2,16,17,18);4H,2-3H2,1H3;1H2;;1H4;. The van der Waals surface area contributed by atoms with Crippen molar-refractivity contribution in [3.8, 4) is 0 Å². The fourth-order valence-corrected chi connectivity index (χ4v) is 5.45. The second-order valence-corrected chi connectivity index (χ2v) is 14.5. The zero-order valence-electron chi connectivity index (χ0n) is 31.6. The number of amides is 5. The number of nitrogens with zero attached hydrogens (tertiary/aromatic N) is 1. The maximum absolute atomic E-state index is 13.5. The molecule has 19 heteroatoms. The van der Waals surface area contributed by atoms with E-state index in [1.165, 1.54) is 29.9 Å². The van der Waals surface area contributed by atoms with Crippen molar-refractivity contribution in [1.82, 2.24) is 20.9 Å². The van der Waals surface area contributed by atoms with E-state index in [4.69, 9.17) is 32.8 Å². The van der Waals surface area contributed by atoms with E-state index in [0.29, 0.717) is 35.3 Å². The average molecular weight is 851 g/mol. The molecule has 6 rings (SSSR count). The number of hydrogen-bond acceptors (Lipinski definition) is 6. The molecule has 0 unspecified atom stereocenters. The van der Waals surface area contributed by atoms with Crippen LogP contribution in [0.5, 0.6) is 0 Å². The lowest BCUT2D eigenvalue weighted by Crippen LogP contribution is -2.51. The third-order valence-electron chi connectivity index (χ3n) is 9.22. The molecule has 4 fully saturated rings. The SMILES string of the molecule is C.CC1CC1.Cc1ccc(NC(=O)NC2CCN(C(=O)C3(C(F)(F)F)CC3)CC2)cc1F.Cc1ccc(NC(=O)NC2CCNCC2)cc1F.ClCCl.O=C=O.[B]. The highest BCUT2D eigenvalue weighted by molar-refractivity contribution is 6.40. The fourth-order valence-electron chi connectivity index (χ4n) is 5.45. The minimum atomic E-state index is -4.51. The van der Waals surface area contributed by atoms with Crippen LogP contribution in [-0.4, -0.2) is 87.2 Å². The molecule has 2 heterocycles. The van der Waals surface area contributed by atoms with Crippen molar-refractivity contribution < 1.29 is 45.9 Å². The van der Waals surface area contributed by atoms with Crippen LogP contribution in [0.3, 0.4) is 0 Å². The van der Waals surface area contributed by atoms with E-state index in [0.717, 1.165) is 31.8 Å². The molecule has 0 bridgehead atoms. The Kier molecular flexibility index (Phi) is 24.4. The van der Waals surface area contributed by atoms with Crippen molar-refractivity contribution in [2.24, 2.45) is 11.3 Å². The Labute approximate surface area is 343 Å². The van der Waals surface area contributed by atoms with Crippen molar-refractivity contribution in [3.63, 3.8) is 0 Å². The number of alkyl halides is 5. The van der Waals surface area contributed by atoms with Crippen LogP contribution in [0.1, 0.15) is 76.8 Å². The predicted molar refractivity (Wildman–Crippen MR) is 212 cm³/mol. The monoisotopic (exact) mass is 849 g/mol. The van der Waals surface area contributed by atoms with Gasteiger partial charge in [-0.3, -0.25) is 4.79 Å². The maximum Gasteiger partial charge on any atom is 0.403 e. The molecule has 0 aromatic heterocycles. The Morgan fingerprint density at radius 2 is 1.18 bits per heavy atom. The first kappa shape index (κ1) is 53.1. The Morgan fingerprint density at radius 1 is 0.807 bits per heavy atom. The van der Waals surface area contributed by atoms with E-state index in [-0.39, 0.29) is 77.2 Å². The van der Waals surface area contributed by atoms with Gasteiger partial charge in [0.2, 0.25) is 5.91 Å². The van der Waals surface area contributed by atoms with Crippen molar-refractivity contribution in [1.29, 1.82) is 0 Å². The van der Waals surface area contributed by atoms with Gasteiger partial charge in [0, 0.05) is 45.0 Å². The molecular formula is C38H53BCl2F5N6O5. The molecular weight excluding hydrogens is 797 g/mol. The van der Waals surface area contributed by atoms with E-state index in [9.17, 15) is 36.3 Å². The molecule has 2 aliphatic heterocycles. The Bertz CT molecular complexity index is 1580. The third-order valence-corrected chi connectivity index (χ3v) is 9.22. The topological polar surface area (TPSA) is 149 Å². The minimum Gasteiger partial charge on any atom is -0.342 e. The van der Waals surface area contributed by atoms with E-state index in [2.05, 4.69) is 33.5 Å². The molecule has 2 aliphatic carbocycles. The van der Waals surface area contributed by atoms with Crippen LogP contribution in [0, 0.1) is 36.8 Å². The Hall–Kier alpha value is -3.92. The zero-order valence-corrected chi connectivity index (χ0v) is 33.1. The number of nitrogens with one attached hydrogen (secondary N) is 5. The molecule has 3 radical (unpaired) electrons. The van der Waals surface area contributed by atoms with Crippen LogP contribution in [0.25, 0.3) is 0 Å². The molecule has 2 aromatic carbocycles. The van der Waals surface area contributed by atoms with Gasteiger partial charge in [0.05, 0.1) is 5.34 Å². The molecule has 317 valence electrons. The maximum atomic E-state index is 13.5. The van der Waals surface area contributed by atoms with Gasteiger partial charge < -0.3 is 31.5 Å². The Morgan fingerprint density at radius 3 is 1.49 bits per heavy atom. The van der Waals surface area contributed by atoms with E-state index in [1.807, 2.05) is 0 Å². The average Bonchev–Trinajstić information content (AvgIpc) is 4.07. The summed E-state index contributed by atoms with van der Waals surface area (Å²) in [5, 5.41) is 14.2. The molecule has 0 spiro atoms. The van der Waals surface area contributed by atoms with Gasteiger partial charge in [-0.1, -0.05) is 39.3 Å². The van der Waals surface area contributed by atoms with Gasteiger partial charge in [-0.05, 0) is 107 Å². The summed E-state index contributed by atoms with van der Waals surface area (Å²) in [6, 6.07) is 8.15. The number of benzene rings is 2. The second-order valence-electron chi connectivity index (χ2n) is 13.7. The molecule has 2 saturated heterocycles. The summed E-state index contributed by atoms with van der Waals surface area (Å²) in [4.78, 5) is 53.5. The van der Waals surface area contributed by atoms with Gasteiger partial charge in [-0.2, -0.15) is 22.8 Å². The Balaban J connectivity index is 0.000000898. The number of aryl methyl sites for hydroxylation is 2. The third kappa shape index (κ3) is 18.9. The first-order valence-electron chi connectivity index (χ1n) is 17.9. The van der Waals surface area contributed by atoms with Crippen molar-refractivity contribution in [3.05, 3.63) is 59.2 Å². The highest BCUT2D eigenvalue weighted by atomic mass is 35.5. The molecule has 2 aromatic rings. The fraction of sp³-hybridized carbons (Fsp3) is 0.579. The van der Waals surface area contributed by atoms with Gasteiger partial charge in [0.25, 0.3) is 0 Å². The molecule has 5 amide bonds. The van der Waals surface area contributed by atoms with Crippen molar-refractivity contribution in [2.75, 3.05) is 42.2 Å². The van der Waals surface area contributed by atoms with Crippen LogP contribution in [-0.2, 0) is 14.4 Å². The zero-order chi connectivity index (χ0) is 41.2. The van der Waals surface area contributed by atoms with Crippen LogP contribution in [0.15, 0.2) is 36.4 Å². The number of halogens is 7. The number of hydrogen-bond donors (Lipinski definition) is 5. The van der Waals surface area contributed by atoms with Gasteiger partial charge in [-0.25, -0.2) is 18.4 Å². The van der Waals surface area contributed by atoms with Crippen LogP contribution < -0.4 is 26.6 Å². The van der Waals surface area contributed by atoms with E-state index < -0.39 is 29.3 Å². The minimum absolute atomic E-state index is 0. The van der Waals surface area contributed by atoms with Gasteiger partial charge in [0.1, 0.15) is 17.0 Å². The summed E-state index contributed by atoms with van der Waals surface area (Å²) in [5.41, 5.74) is -0.377. The largest absolute Gasteiger partial charge is 0.403 e. The molecule has 57 heavy (non-hydrogen) atoms. The number of rotatable bonds is 5. The van der Waals surface area contributed by atoms with Crippen molar-refractivity contribution >= 4 is 67.1 Å². The van der Waals surface area contributed by atoms with E-state index in [1.54, 1.807) is 38.1 Å². The molecule has 0 atom stereocenters. The second kappa shape index (κ2) is 26.2. The van der Waals surface area contributed by atoms with Crippen molar-refractivity contribution in [2.45, 2.75) is 97.8 Å². The number of anilines is 2.